The molecule has 0 radical (unpaired) electrons. The van der Waals surface area contributed by atoms with Crippen molar-refractivity contribution in [1.29, 1.82) is 0 Å². The van der Waals surface area contributed by atoms with Gasteiger partial charge in [-0.15, -0.1) is 0 Å². The second kappa shape index (κ2) is 6.15. The minimum absolute atomic E-state index is 0.168. The lowest BCUT2D eigenvalue weighted by Gasteiger charge is -2.07. The van der Waals surface area contributed by atoms with E-state index in [1.54, 1.807) is 18.3 Å². The van der Waals surface area contributed by atoms with Crippen molar-refractivity contribution in [3.8, 4) is 17.0 Å². The number of aromatic nitrogens is 2. The first kappa shape index (κ1) is 14.5. The van der Waals surface area contributed by atoms with E-state index in [1.807, 2.05) is 30.3 Å². The van der Waals surface area contributed by atoms with Crippen LogP contribution in [0.4, 0.5) is 11.6 Å². The third-order valence-corrected chi connectivity index (χ3v) is 3.21. The van der Waals surface area contributed by atoms with Crippen molar-refractivity contribution in [1.82, 2.24) is 9.97 Å². The van der Waals surface area contributed by atoms with Gasteiger partial charge in [-0.1, -0.05) is 18.2 Å². The van der Waals surface area contributed by atoms with E-state index >= 15 is 0 Å². The first-order valence-corrected chi connectivity index (χ1v) is 6.85. The third-order valence-electron chi connectivity index (χ3n) is 3.21. The molecule has 0 aliphatic carbocycles. The number of aromatic carboxylic acids is 1. The van der Waals surface area contributed by atoms with Crippen LogP contribution in [-0.2, 0) is 0 Å². The summed E-state index contributed by atoms with van der Waals surface area (Å²) >= 11 is 0. The number of rotatable bonds is 4. The Hall–Kier alpha value is -3.41. The van der Waals surface area contributed by atoms with Crippen molar-refractivity contribution in [3.05, 3.63) is 66.4 Å². The molecule has 0 aliphatic heterocycles. The smallest absolute Gasteiger partial charge is 0.339 e. The molecule has 3 rings (SSSR count). The SMILES string of the molecule is O=C(O)c1cc(-c2ccnc(Nc3ccccc3)n2)ccc1O. The molecule has 114 valence electrons. The number of carboxylic acid groups (broad SMARTS) is 1. The lowest BCUT2D eigenvalue weighted by molar-refractivity contribution is 0.0694. The van der Waals surface area contributed by atoms with Gasteiger partial charge in [-0.05, 0) is 36.4 Å². The normalized spacial score (nSPS) is 10.3. The van der Waals surface area contributed by atoms with Crippen LogP contribution in [-0.4, -0.2) is 26.2 Å². The molecule has 1 heterocycles. The molecule has 3 aromatic rings. The zero-order chi connectivity index (χ0) is 16.2. The van der Waals surface area contributed by atoms with Crippen LogP contribution in [0.15, 0.2) is 60.8 Å². The molecule has 0 saturated carbocycles. The van der Waals surface area contributed by atoms with Crippen LogP contribution in [0.2, 0.25) is 0 Å². The van der Waals surface area contributed by atoms with Crippen LogP contribution in [0.5, 0.6) is 5.75 Å². The van der Waals surface area contributed by atoms with Crippen LogP contribution in [0, 0.1) is 0 Å². The lowest BCUT2D eigenvalue weighted by atomic mass is 10.1. The van der Waals surface area contributed by atoms with E-state index < -0.39 is 5.97 Å². The average Bonchev–Trinajstić information content (AvgIpc) is 2.56. The number of carbonyl (C=O) groups is 1. The van der Waals surface area contributed by atoms with Crippen LogP contribution in [0.3, 0.4) is 0 Å². The molecule has 0 atom stereocenters. The fourth-order valence-corrected chi connectivity index (χ4v) is 2.10. The standard InChI is InChI=1S/C17H13N3O3/c21-15-7-6-11(10-13(15)16(22)23)14-8-9-18-17(20-14)19-12-4-2-1-3-5-12/h1-10,21H,(H,22,23)(H,18,19,20). The van der Waals surface area contributed by atoms with Crippen molar-refractivity contribution in [2.24, 2.45) is 0 Å². The number of benzene rings is 2. The van der Waals surface area contributed by atoms with Gasteiger partial charge in [0.25, 0.3) is 0 Å². The zero-order valence-electron chi connectivity index (χ0n) is 12.0. The number of phenols is 1. The van der Waals surface area contributed by atoms with Crippen molar-refractivity contribution in [2.75, 3.05) is 5.32 Å². The van der Waals surface area contributed by atoms with Gasteiger partial charge < -0.3 is 15.5 Å². The summed E-state index contributed by atoms with van der Waals surface area (Å²) in [5.74, 6) is -1.07. The Labute approximate surface area is 132 Å². The Kier molecular flexibility index (Phi) is 3.88. The van der Waals surface area contributed by atoms with E-state index in [2.05, 4.69) is 15.3 Å². The first-order valence-electron chi connectivity index (χ1n) is 6.85. The molecule has 3 N–H and O–H groups in total. The third kappa shape index (κ3) is 3.26. The molecule has 23 heavy (non-hydrogen) atoms. The summed E-state index contributed by atoms with van der Waals surface area (Å²) < 4.78 is 0. The van der Waals surface area contributed by atoms with Crippen LogP contribution in [0.1, 0.15) is 10.4 Å². The van der Waals surface area contributed by atoms with Crippen LogP contribution < -0.4 is 5.32 Å². The van der Waals surface area contributed by atoms with Gasteiger partial charge in [-0.2, -0.15) is 0 Å². The highest BCUT2D eigenvalue weighted by molar-refractivity contribution is 5.92. The Balaban J connectivity index is 1.94. The Bertz CT molecular complexity index is 851. The lowest BCUT2D eigenvalue weighted by Crippen LogP contribution is -1.99. The molecule has 0 amide bonds. The molecule has 0 spiro atoms. The summed E-state index contributed by atoms with van der Waals surface area (Å²) in [6.45, 7) is 0. The fourth-order valence-electron chi connectivity index (χ4n) is 2.10. The second-order valence-corrected chi connectivity index (χ2v) is 4.79. The first-order chi connectivity index (χ1) is 11.1. The van der Waals surface area contributed by atoms with Gasteiger partial charge in [0.15, 0.2) is 0 Å². The van der Waals surface area contributed by atoms with Gasteiger partial charge in [0, 0.05) is 17.4 Å². The van der Waals surface area contributed by atoms with Crippen molar-refractivity contribution >= 4 is 17.6 Å². The maximum absolute atomic E-state index is 11.1. The van der Waals surface area contributed by atoms with Gasteiger partial charge in [0.1, 0.15) is 11.3 Å². The topological polar surface area (TPSA) is 95.3 Å². The number of para-hydroxylation sites is 1. The zero-order valence-corrected chi connectivity index (χ0v) is 12.0. The molecule has 0 bridgehead atoms. The van der Waals surface area contributed by atoms with Crippen molar-refractivity contribution in [2.45, 2.75) is 0 Å². The minimum atomic E-state index is -1.19. The van der Waals surface area contributed by atoms with E-state index in [0.29, 0.717) is 17.2 Å². The molecule has 0 unspecified atom stereocenters. The number of hydrogen-bond acceptors (Lipinski definition) is 5. The van der Waals surface area contributed by atoms with E-state index in [9.17, 15) is 9.90 Å². The molecule has 0 saturated heterocycles. The average molecular weight is 307 g/mol. The summed E-state index contributed by atoms with van der Waals surface area (Å²) in [6, 6.07) is 15.5. The van der Waals surface area contributed by atoms with E-state index in [1.165, 1.54) is 12.1 Å². The van der Waals surface area contributed by atoms with Gasteiger partial charge in [-0.3, -0.25) is 0 Å². The number of nitrogens with one attached hydrogen (secondary N) is 1. The maximum Gasteiger partial charge on any atom is 0.339 e. The number of aromatic hydroxyl groups is 1. The van der Waals surface area contributed by atoms with Crippen LogP contribution in [0.25, 0.3) is 11.3 Å². The number of nitrogens with zero attached hydrogens (tertiary/aromatic N) is 2. The highest BCUT2D eigenvalue weighted by Gasteiger charge is 2.12. The van der Waals surface area contributed by atoms with Gasteiger partial charge in [0.2, 0.25) is 5.95 Å². The highest BCUT2D eigenvalue weighted by Crippen LogP contribution is 2.25. The van der Waals surface area contributed by atoms with Crippen molar-refractivity contribution in [3.63, 3.8) is 0 Å². The number of hydrogen-bond donors (Lipinski definition) is 3. The van der Waals surface area contributed by atoms with E-state index in [0.717, 1.165) is 5.69 Å². The molecule has 6 nitrogen and oxygen atoms in total. The van der Waals surface area contributed by atoms with Gasteiger partial charge in [0.05, 0.1) is 5.69 Å². The van der Waals surface area contributed by atoms with Crippen LogP contribution >= 0.6 is 0 Å². The fraction of sp³-hybridized carbons (Fsp3) is 0. The summed E-state index contributed by atoms with van der Waals surface area (Å²) in [6.07, 6.45) is 1.58. The van der Waals surface area contributed by atoms with E-state index in [4.69, 9.17) is 5.11 Å². The van der Waals surface area contributed by atoms with Gasteiger partial charge >= 0.3 is 5.97 Å². The minimum Gasteiger partial charge on any atom is -0.507 e. The molecular formula is C17H13N3O3. The van der Waals surface area contributed by atoms with Gasteiger partial charge in [-0.25, -0.2) is 14.8 Å². The Morgan fingerprint density at radius 1 is 1.04 bits per heavy atom. The summed E-state index contributed by atoms with van der Waals surface area (Å²) in [7, 11) is 0. The van der Waals surface area contributed by atoms with Crippen molar-refractivity contribution < 1.29 is 15.0 Å². The Morgan fingerprint density at radius 2 is 1.83 bits per heavy atom. The summed E-state index contributed by atoms with van der Waals surface area (Å²) in [5, 5.41) is 21.7. The summed E-state index contributed by atoms with van der Waals surface area (Å²) in [4.78, 5) is 19.6. The number of anilines is 2. The monoisotopic (exact) mass is 307 g/mol. The molecule has 0 aliphatic rings. The predicted molar refractivity (Wildman–Crippen MR) is 85.8 cm³/mol. The quantitative estimate of drug-likeness (QED) is 0.684. The molecular weight excluding hydrogens is 294 g/mol. The summed E-state index contributed by atoms with van der Waals surface area (Å²) in [5.41, 5.74) is 1.82. The second-order valence-electron chi connectivity index (χ2n) is 4.79. The maximum atomic E-state index is 11.1. The molecule has 1 aromatic heterocycles. The largest absolute Gasteiger partial charge is 0.507 e. The predicted octanol–water partition coefficient (Wildman–Crippen LogP) is 3.29. The number of carboxylic acids is 1. The molecule has 2 aromatic carbocycles. The molecule has 6 heteroatoms. The highest BCUT2D eigenvalue weighted by atomic mass is 16.4. The van der Waals surface area contributed by atoms with E-state index in [-0.39, 0.29) is 11.3 Å². The molecule has 0 fully saturated rings. The Morgan fingerprint density at radius 3 is 2.57 bits per heavy atom.